The van der Waals surface area contributed by atoms with Crippen molar-refractivity contribution >= 4 is 0 Å². The van der Waals surface area contributed by atoms with Gasteiger partial charge in [0.15, 0.2) is 0 Å². The lowest BCUT2D eigenvalue weighted by Crippen LogP contribution is -2.22. The van der Waals surface area contributed by atoms with Gasteiger partial charge in [-0.15, -0.1) is 0 Å². The van der Waals surface area contributed by atoms with Crippen LogP contribution in [0.1, 0.15) is 30.5 Å². The Labute approximate surface area is 105 Å². The van der Waals surface area contributed by atoms with Crippen molar-refractivity contribution < 1.29 is 4.74 Å². The molecule has 0 heterocycles. The van der Waals surface area contributed by atoms with Gasteiger partial charge in [-0.3, -0.25) is 0 Å². The highest BCUT2D eigenvalue weighted by atomic mass is 16.5. The molecule has 1 aromatic rings. The van der Waals surface area contributed by atoms with E-state index in [9.17, 15) is 0 Å². The van der Waals surface area contributed by atoms with Gasteiger partial charge in [0, 0.05) is 0 Å². The lowest BCUT2D eigenvalue weighted by Gasteiger charge is -2.20. The zero-order valence-corrected chi connectivity index (χ0v) is 11.7. The maximum Gasteiger partial charge on any atom is 0.122 e. The van der Waals surface area contributed by atoms with Gasteiger partial charge in [0.2, 0.25) is 0 Å². The van der Waals surface area contributed by atoms with Crippen LogP contribution in [-0.2, 0) is 6.42 Å². The first-order chi connectivity index (χ1) is 7.99. The van der Waals surface area contributed by atoms with Crippen LogP contribution in [0.15, 0.2) is 12.1 Å². The van der Waals surface area contributed by atoms with E-state index in [4.69, 9.17) is 10.5 Å². The van der Waals surface area contributed by atoms with Crippen LogP contribution in [0.5, 0.6) is 5.75 Å². The van der Waals surface area contributed by atoms with E-state index in [1.54, 1.807) is 7.11 Å². The number of ether oxygens (including phenoxy) is 1. The number of hydrogen-bond donors (Lipinski definition) is 1. The largest absolute Gasteiger partial charge is 0.496 e. The summed E-state index contributed by atoms with van der Waals surface area (Å²) in [7, 11) is 1.72. The average molecular weight is 235 g/mol. The van der Waals surface area contributed by atoms with E-state index in [1.807, 2.05) is 0 Å². The van der Waals surface area contributed by atoms with Gasteiger partial charge in [0.25, 0.3) is 0 Å². The number of hydrogen-bond acceptors (Lipinski definition) is 2. The Morgan fingerprint density at radius 1 is 1.18 bits per heavy atom. The van der Waals surface area contributed by atoms with E-state index in [2.05, 4.69) is 39.8 Å². The Balaban J connectivity index is 2.95. The first-order valence-corrected chi connectivity index (χ1v) is 6.33. The van der Waals surface area contributed by atoms with Gasteiger partial charge in [0.05, 0.1) is 7.11 Å². The Hall–Kier alpha value is -1.02. The molecular formula is C15H25NO. The molecule has 0 amide bonds. The second kappa shape index (κ2) is 6.06. The fourth-order valence-electron chi connectivity index (χ4n) is 2.16. The van der Waals surface area contributed by atoms with Gasteiger partial charge in [-0.1, -0.05) is 19.9 Å². The van der Waals surface area contributed by atoms with E-state index in [1.165, 1.54) is 16.7 Å². The topological polar surface area (TPSA) is 35.2 Å². The summed E-state index contributed by atoms with van der Waals surface area (Å²) in [5.74, 6) is 2.16. The van der Waals surface area contributed by atoms with Crippen molar-refractivity contribution in [2.75, 3.05) is 13.7 Å². The molecule has 17 heavy (non-hydrogen) atoms. The monoisotopic (exact) mass is 235 g/mol. The fraction of sp³-hybridized carbons (Fsp3) is 0.600. The van der Waals surface area contributed by atoms with Crippen LogP contribution in [0, 0.1) is 25.7 Å². The zero-order chi connectivity index (χ0) is 13.0. The molecule has 1 unspecified atom stereocenters. The summed E-state index contributed by atoms with van der Waals surface area (Å²) in [5.41, 5.74) is 9.74. The normalized spacial score (nSPS) is 12.9. The summed E-state index contributed by atoms with van der Waals surface area (Å²) < 4.78 is 5.33. The molecule has 1 atom stereocenters. The molecule has 0 saturated carbocycles. The Morgan fingerprint density at radius 2 is 1.82 bits per heavy atom. The summed E-state index contributed by atoms with van der Waals surface area (Å²) >= 11 is 0. The molecule has 1 aromatic carbocycles. The highest BCUT2D eigenvalue weighted by molar-refractivity contribution is 5.41. The smallest absolute Gasteiger partial charge is 0.122 e. The average Bonchev–Trinajstić information content (AvgIpc) is 2.29. The van der Waals surface area contributed by atoms with Crippen molar-refractivity contribution in [3.05, 3.63) is 28.8 Å². The molecule has 0 saturated heterocycles. The van der Waals surface area contributed by atoms with Crippen molar-refractivity contribution in [2.45, 2.75) is 34.1 Å². The van der Waals surface area contributed by atoms with Crippen LogP contribution in [0.2, 0.25) is 0 Å². The molecule has 0 spiro atoms. The van der Waals surface area contributed by atoms with Crippen molar-refractivity contribution in [1.82, 2.24) is 0 Å². The Morgan fingerprint density at radius 3 is 2.29 bits per heavy atom. The van der Waals surface area contributed by atoms with Crippen LogP contribution >= 0.6 is 0 Å². The van der Waals surface area contributed by atoms with Crippen LogP contribution in [0.3, 0.4) is 0 Å². The summed E-state index contributed by atoms with van der Waals surface area (Å²) in [6.07, 6.45) is 1.06. The highest BCUT2D eigenvalue weighted by Crippen LogP contribution is 2.25. The van der Waals surface area contributed by atoms with Gasteiger partial charge in [-0.05, 0) is 61.4 Å². The van der Waals surface area contributed by atoms with E-state index >= 15 is 0 Å². The number of rotatable bonds is 5. The number of benzene rings is 1. The third-order valence-corrected chi connectivity index (χ3v) is 3.58. The van der Waals surface area contributed by atoms with E-state index < -0.39 is 0 Å². The van der Waals surface area contributed by atoms with Gasteiger partial charge >= 0.3 is 0 Å². The van der Waals surface area contributed by atoms with Gasteiger partial charge in [-0.2, -0.15) is 0 Å². The molecular weight excluding hydrogens is 210 g/mol. The zero-order valence-electron chi connectivity index (χ0n) is 11.7. The summed E-state index contributed by atoms with van der Waals surface area (Å²) in [6, 6.07) is 4.36. The maximum absolute atomic E-state index is 5.84. The Kier molecular flexibility index (Phi) is 5.01. The second-order valence-electron chi connectivity index (χ2n) is 5.19. The van der Waals surface area contributed by atoms with Crippen molar-refractivity contribution in [3.63, 3.8) is 0 Å². The summed E-state index contributed by atoms with van der Waals surface area (Å²) in [5, 5.41) is 0. The van der Waals surface area contributed by atoms with Crippen molar-refractivity contribution in [2.24, 2.45) is 17.6 Å². The molecule has 1 rings (SSSR count). The lowest BCUT2D eigenvalue weighted by molar-refractivity contribution is 0.390. The van der Waals surface area contributed by atoms with Gasteiger partial charge in [0.1, 0.15) is 5.75 Å². The molecule has 96 valence electrons. The molecule has 0 aliphatic rings. The first-order valence-electron chi connectivity index (χ1n) is 6.33. The quantitative estimate of drug-likeness (QED) is 0.851. The Bertz CT molecular complexity index is 371. The van der Waals surface area contributed by atoms with E-state index in [-0.39, 0.29) is 0 Å². The van der Waals surface area contributed by atoms with Gasteiger partial charge in [-0.25, -0.2) is 0 Å². The molecule has 2 heteroatoms. The van der Waals surface area contributed by atoms with Crippen molar-refractivity contribution in [3.8, 4) is 5.75 Å². The lowest BCUT2D eigenvalue weighted by atomic mass is 9.87. The van der Waals surface area contributed by atoms with Gasteiger partial charge < -0.3 is 10.5 Å². The van der Waals surface area contributed by atoms with Crippen molar-refractivity contribution in [1.29, 1.82) is 0 Å². The molecule has 0 aliphatic carbocycles. The minimum atomic E-state index is 0.557. The van der Waals surface area contributed by atoms with Crippen LogP contribution in [-0.4, -0.2) is 13.7 Å². The molecule has 0 radical (unpaired) electrons. The third kappa shape index (κ3) is 3.47. The third-order valence-electron chi connectivity index (χ3n) is 3.58. The van der Waals surface area contributed by atoms with E-state index in [0.29, 0.717) is 11.8 Å². The van der Waals surface area contributed by atoms with E-state index in [0.717, 1.165) is 18.7 Å². The number of methoxy groups -OCH3 is 1. The van der Waals surface area contributed by atoms with Crippen LogP contribution in [0.25, 0.3) is 0 Å². The predicted octanol–water partition coefficient (Wildman–Crippen LogP) is 3.09. The standard InChI is InChI=1S/C15H25NO/c1-10(2)14(9-16)8-13-6-12(4)15(17-5)7-11(13)3/h6-7,10,14H,8-9,16H2,1-5H3. The van der Waals surface area contributed by atoms with Crippen LogP contribution < -0.4 is 10.5 Å². The second-order valence-corrected chi connectivity index (χ2v) is 5.19. The molecule has 0 fully saturated rings. The summed E-state index contributed by atoms with van der Waals surface area (Å²) in [4.78, 5) is 0. The minimum absolute atomic E-state index is 0.557. The molecule has 0 aliphatic heterocycles. The fourth-order valence-corrected chi connectivity index (χ4v) is 2.16. The summed E-state index contributed by atoms with van der Waals surface area (Å²) in [6.45, 7) is 9.47. The minimum Gasteiger partial charge on any atom is -0.496 e. The SMILES string of the molecule is COc1cc(C)c(CC(CN)C(C)C)cc1C. The first kappa shape index (κ1) is 14.0. The number of aryl methyl sites for hydroxylation is 2. The maximum atomic E-state index is 5.84. The molecule has 2 nitrogen and oxygen atoms in total. The number of nitrogens with two attached hydrogens (primary N) is 1. The highest BCUT2D eigenvalue weighted by Gasteiger charge is 2.14. The van der Waals surface area contributed by atoms with Crippen LogP contribution in [0.4, 0.5) is 0 Å². The molecule has 2 N–H and O–H groups in total. The molecule has 0 aromatic heterocycles. The predicted molar refractivity (Wildman–Crippen MR) is 73.6 cm³/mol. The molecule has 0 bridgehead atoms.